The van der Waals surface area contributed by atoms with Gasteiger partial charge >= 0.3 is 12.0 Å². The number of nitrogens with one attached hydrogen (secondary N) is 2. The molecule has 0 aliphatic heterocycles. The van der Waals surface area contributed by atoms with E-state index in [4.69, 9.17) is 10.2 Å². The maximum Gasteiger partial charge on any atom is 0.319 e. The zero-order valence-corrected chi connectivity index (χ0v) is 12.2. The van der Waals surface area contributed by atoms with Crippen molar-refractivity contribution in [2.24, 2.45) is 5.14 Å². The Morgan fingerprint density at radius 3 is 2.62 bits per heavy atom. The molecule has 9 heteroatoms. The van der Waals surface area contributed by atoms with Crippen LogP contribution in [0.15, 0.2) is 29.2 Å². The number of rotatable bonds is 6. The van der Waals surface area contributed by atoms with E-state index in [9.17, 15) is 18.0 Å². The van der Waals surface area contributed by atoms with Crippen molar-refractivity contribution in [1.29, 1.82) is 0 Å². The zero-order chi connectivity index (χ0) is 16.0. The molecule has 1 atom stereocenters. The number of primary sulfonamides is 1. The molecule has 1 rings (SSSR count). The Hall–Kier alpha value is -2.13. The topological polar surface area (TPSA) is 139 Å². The second-order valence-electron chi connectivity index (χ2n) is 4.50. The molecule has 1 aromatic rings. The van der Waals surface area contributed by atoms with Crippen molar-refractivity contribution in [2.45, 2.75) is 30.7 Å². The monoisotopic (exact) mass is 315 g/mol. The van der Waals surface area contributed by atoms with Gasteiger partial charge in [0.15, 0.2) is 0 Å². The van der Waals surface area contributed by atoms with E-state index in [1.165, 1.54) is 24.3 Å². The van der Waals surface area contributed by atoms with Crippen LogP contribution in [0.25, 0.3) is 0 Å². The molecular weight excluding hydrogens is 298 g/mol. The lowest BCUT2D eigenvalue weighted by Gasteiger charge is -2.14. The number of amides is 2. The summed E-state index contributed by atoms with van der Waals surface area (Å²) in [4.78, 5) is 22.0. The van der Waals surface area contributed by atoms with Gasteiger partial charge in [0.05, 0.1) is 4.90 Å². The van der Waals surface area contributed by atoms with Crippen LogP contribution < -0.4 is 15.8 Å². The van der Waals surface area contributed by atoms with E-state index in [0.29, 0.717) is 6.42 Å². The first-order valence-electron chi connectivity index (χ1n) is 6.10. The fraction of sp³-hybridized carbons (Fsp3) is 0.333. The molecular formula is C12H17N3O5S. The summed E-state index contributed by atoms with van der Waals surface area (Å²) in [6, 6.07) is 4.62. The number of aliphatic carboxylic acids is 1. The van der Waals surface area contributed by atoms with Gasteiger partial charge in [0, 0.05) is 18.2 Å². The third kappa shape index (κ3) is 6.23. The van der Waals surface area contributed by atoms with E-state index in [1.54, 1.807) is 6.92 Å². The molecule has 5 N–H and O–H groups in total. The van der Waals surface area contributed by atoms with Gasteiger partial charge in [0.25, 0.3) is 0 Å². The second kappa shape index (κ2) is 7.04. The quantitative estimate of drug-likeness (QED) is 0.612. The Morgan fingerprint density at radius 2 is 2.05 bits per heavy atom. The van der Waals surface area contributed by atoms with Crippen molar-refractivity contribution in [1.82, 2.24) is 5.32 Å². The molecule has 0 saturated carbocycles. The highest BCUT2D eigenvalue weighted by atomic mass is 32.2. The van der Waals surface area contributed by atoms with E-state index < -0.39 is 22.0 Å². The first-order chi connectivity index (χ1) is 9.68. The van der Waals surface area contributed by atoms with Gasteiger partial charge in [-0.05, 0) is 31.5 Å². The summed E-state index contributed by atoms with van der Waals surface area (Å²) in [6.07, 6.45) is 0.238. The van der Waals surface area contributed by atoms with Gasteiger partial charge < -0.3 is 15.7 Å². The Balaban J connectivity index is 2.61. The molecule has 1 unspecified atom stereocenters. The van der Waals surface area contributed by atoms with E-state index in [-0.39, 0.29) is 23.0 Å². The third-order valence-corrected chi connectivity index (χ3v) is 3.50. The maximum absolute atomic E-state index is 11.7. The first-order valence-corrected chi connectivity index (χ1v) is 7.65. The number of carboxylic acid groups (broad SMARTS) is 1. The summed E-state index contributed by atoms with van der Waals surface area (Å²) >= 11 is 0. The summed E-state index contributed by atoms with van der Waals surface area (Å²) in [5, 5.41) is 18.5. The first kappa shape index (κ1) is 16.9. The van der Waals surface area contributed by atoms with Gasteiger partial charge in [-0.2, -0.15) is 0 Å². The minimum absolute atomic E-state index is 0.0532. The van der Waals surface area contributed by atoms with Crippen LogP contribution in [0.2, 0.25) is 0 Å². The normalized spacial score (nSPS) is 12.5. The Morgan fingerprint density at radius 1 is 1.38 bits per heavy atom. The molecule has 0 heterocycles. The van der Waals surface area contributed by atoms with Crippen LogP contribution in [0.4, 0.5) is 10.5 Å². The van der Waals surface area contributed by atoms with E-state index in [1.807, 2.05) is 0 Å². The summed E-state index contributed by atoms with van der Waals surface area (Å²) in [5.74, 6) is -0.940. The Kier molecular flexibility index (Phi) is 5.68. The summed E-state index contributed by atoms with van der Waals surface area (Å²) in [7, 11) is -3.84. The number of nitrogens with two attached hydrogens (primary N) is 1. The molecule has 0 radical (unpaired) electrons. The predicted octanol–water partition coefficient (Wildman–Crippen LogP) is 0.709. The molecule has 0 spiro atoms. The Bertz CT molecular complexity index is 630. The van der Waals surface area contributed by atoms with E-state index in [2.05, 4.69) is 10.6 Å². The van der Waals surface area contributed by atoms with Crippen LogP contribution in [-0.4, -0.2) is 31.6 Å². The lowest BCUT2D eigenvalue weighted by atomic mass is 10.2. The van der Waals surface area contributed by atoms with Crippen LogP contribution in [0.3, 0.4) is 0 Å². The maximum atomic E-state index is 11.7. The molecule has 116 valence electrons. The molecule has 0 fully saturated rings. The molecule has 2 amide bonds. The van der Waals surface area contributed by atoms with Crippen LogP contribution >= 0.6 is 0 Å². The van der Waals surface area contributed by atoms with Crippen LogP contribution in [-0.2, 0) is 14.8 Å². The van der Waals surface area contributed by atoms with E-state index in [0.717, 1.165) is 0 Å². The van der Waals surface area contributed by atoms with Gasteiger partial charge in [-0.1, -0.05) is 6.07 Å². The van der Waals surface area contributed by atoms with Crippen LogP contribution in [0, 0.1) is 0 Å². The molecule has 0 bridgehead atoms. The highest BCUT2D eigenvalue weighted by molar-refractivity contribution is 7.89. The SMILES string of the molecule is CC(CCC(=O)O)NC(=O)Nc1cccc(S(N)(=O)=O)c1. The largest absolute Gasteiger partial charge is 0.481 e. The summed E-state index contributed by atoms with van der Waals surface area (Å²) in [6.45, 7) is 1.67. The fourth-order valence-electron chi connectivity index (χ4n) is 1.55. The minimum atomic E-state index is -3.84. The molecule has 21 heavy (non-hydrogen) atoms. The third-order valence-electron chi connectivity index (χ3n) is 2.59. The second-order valence-corrected chi connectivity index (χ2v) is 6.07. The van der Waals surface area contributed by atoms with E-state index >= 15 is 0 Å². The Labute approximate surface area is 122 Å². The highest BCUT2D eigenvalue weighted by Gasteiger charge is 2.11. The van der Waals surface area contributed by atoms with Crippen molar-refractivity contribution < 1.29 is 23.1 Å². The number of carbonyl (C=O) groups is 2. The number of carboxylic acids is 1. The van der Waals surface area contributed by atoms with Gasteiger partial charge in [-0.25, -0.2) is 18.4 Å². The highest BCUT2D eigenvalue weighted by Crippen LogP contribution is 2.14. The van der Waals surface area contributed by atoms with Crippen molar-refractivity contribution in [3.8, 4) is 0 Å². The minimum Gasteiger partial charge on any atom is -0.481 e. The zero-order valence-electron chi connectivity index (χ0n) is 11.4. The molecule has 0 aliphatic carbocycles. The number of hydrogen-bond donors (Lipinski definition) is 4. The lowest BCUT2D eigenvalue weighted by molar-refractivity contribution is -0.137. The van der Waals surface area contributed by atoms with Crippen LogP contribution in [0.5, 0.6) is 0 Å². The van der Waals surface area contributed by atoms with Crippen molar-refractivity contribution in [2.75, 3.05) is 5.32 Å². The van der Waals surface area contributed by atoms with Crippen molar-refractivity contribution in [3.05, 3.63) is 24.3 Å². The van der Waals surface area contributed by atoms with Gasteiger partial charge in [0.2, 0.25) is 10.0 Å². The number of carbonyl (C=O) groups excluding carboxylic acids is 1. The van der Waals surface area contributed by atoms with Gasteiger partial charge in [0.1, 0.15) is 0 Å². The molecule has 0 aromatic heterocycles. The molecule has 1 aromatic carbocycles. The summed E-state index contributed by atoms with van der Waals surface area (Å²) < 4.78 is 22.4. The number of hydrogen-bond acceptors (Lipinski definition) is 4. The average molecular weight is 315 g/mol. The number of benzene rings is 1. The lowest BCUT2D eigenvalue weighted by Crippen LogP contribution is -2.36. The van der Waals surface area contributed by atoms with Crippen molar-refractivity contribution in [3.63, 3.8) is 0 Å². The molecule has 0 saturated heterocycles. The standard InChI is InChI=1S/C12H17N3O5S/c1-8(5-6-11(16)17)14-12(18)15-9-3-2-4-10(7-9)21(13,19)20/h2-4,7-8H,5-6H2,1H3,(H,16,17)(H2,13,19,20)(H2,14,15,18). The molecule has 0 aliphatic rings. The average Bonchev–Trinajstić information content (AvgIpc) is 2.35. The van der Waals surface area contributed by atoms with Crippen LogP contribution in [0.1, 0.15) is 19.8 Å². The molecule has 8 nitrogen and oxygen atoms in total. The number of urea groups is 1. The van der Waals surface area contributed by atoms with Crippen molar-refractivity contribution >= 4 is 27.7 Å². The number of anilines is 1. The summed E-state index contributed by atoms with van der Waals surface area (Å²) in [5.41, 5.74) is 0.268. The number of sulfonamides is 1. The fourth-order valence-corrected chi connectivity index (χ4v) is 2.11. The van der Waals surface area contributed by atoms with Gasteiger partial charge in [-0.3, -0.25) is 4.79 Å². The van der Waals surface area contributed by atoms with Gasteiger partial charge in [-0.15, -0.1) is 0 Å². The smallest absolute Gasteiger partial charge is 0.319 e. The predicted molar refractivity (Wildman–Crippen MR) is 76.3 cm³/mol.